The number of halogens is 1. The summed E-state index contributed by atoms with van der Waals surface area (Å²) in [5, 5.41) is 12.0. The standard InChI is InChI=1S/C18H21FN4O4/c1-20(2)13-9-12-15(17(24)22(4)18(25)21(12)3)14(16(13)23(26)27)10-5-7-11(19)8-6-10/h5-9,13-16H,1-4H3. The average Bonchev–Trinajstić information content (AvgIpc) is 2.63. The van der Waals surface area contributed by atoms with Crippen molar-refractivity contribution in [2.75, 3.05) is 28.2 Å². The van der Waals surface area contributed by atoms with Gasteiger partial charge in [-0.05, 0) is 37.9 Å². The number of carbonyl (C=O) groups is 2. The maximum Gasteiger partial charge on any atom is 0.330 e. The first-order valence-corrected chi connectivity index (χ1v) is 8.47. The molecule has 3 amide bonds. The van der Waals surface area contributed by atoms with Gasteiger partial charge in [0.2, 0.25) is 11.9 Å². The summed E-state index contributed by atoms with van der Waals surface area (Å²) < 4.78 is 13.4. The van der Waals surface area contributed by atoms with E-state index in [-0.39, 0.29) is 0 Å². The summed E-state index contributed by atoms with van der Waals surface area (Å²) in [4.78, 5) is 40.9. The molecule has 0 aromatic heterocycles. The van der Waals surface area contributed by atoms with E-state index in [1.807, 2.05) is 0 Å². The molecule has 1 aromatic carbocycles. The number of urea groups is 1. The van der Waals surface area contributed by atoms with Crippen LogP contribution < -0.4 is 0 Å². The maximum absolute atomic E-state index is 13.4. The molecule has 1 aliphatic carbocycles. The first kappa shape index (κ1) is 19.0. The van der Waals surface area contributed by atoms with E-state index in [1.165, 1.54) is 36.2 Å². The van der Waals surface area contributed by atoms with Crippen molar-refractivity contribution in [2.24, 2.45) is 5.92 Å². The Morgan fingerprint density at radius 3 is 2.22 bits per heavy atom. The summed E-state index contributed by atoms with van der Waals surface area (Å²) in [6, 6.07) is 3.14. The van der Waals surface area contributed by atoms with Gasteiger partial charge in [0.05, 0.1) is 17.9 Å². The Morgan fingerprint density at radius 1 is 1.11 bits per heavy atom. The number of rotatable bonds is 3. The zero-order valence-electron chi connectivity index (χ0n) is 15.5. The van der Waals surface area contributed by atoms with Gasteiger partial charge in [0.15, 0.2) is 0 Å². The predicted octanol–water partition coefficient (Wildman–Crippen LogP) is 1.52. The largest absolute Gasteiger partial charge is 0.330 e. The van der Waals surface area contributed by atoms with Gasteiger partial charge >= 0.3 is 6.03 Å². The third kappa shape index (κ3) is 2.97. The van der Waals surface area contributed by atoms with Gasteiger partial charge in [-0.1, -0.05) is 12.1 Å². The Bertz CT molecular complexity index is 823. The summed E-state index contributed by atoms with van der Waals surface area (Å²) >= 11 is 0. The Hall–Kier alpha value is -2.81. The Morgan fingerprint density at radius 2 is 1.70 bits per heavy atom. The van der Waals surface area contributed by atoms with Crippen molar-refractivity contribution < 1.29 is 18.9 Å². The number of nitrogens with zero attached hydrogens (tertiary/aromatic N) is 4. The zero-order valence-corrected chi connectivity index (χ0v) is 15.5. The Labute approximate surface area is 156 Å². The number of hydrogen-bond donors (Lipinski definition) is 0. The van der Waals surface area contributed by atoms with E-state index in [1.54, 1.807) is 32.1 Å². The molecule has 1 aromatic rings. The van der Waals surface area contributed by atoms with E-state index in [0.29, 0.717) is 11.3 Å². The number of nitro groups is 1. The normalized spacial score (nSPS) is 28.3. The molecule has 2 aliphatic rings. The fourth-order valence-corrected chi connectivity index (χ4v) is 3.99. The summed E-state index contributed by atoms with van der Waals surface area (Å²) in [7, 11) is 6.32. The van der Waals surface area contributed by atoms with Crippen LogP contribution in [0, 0.1) is 21.8 Å². The fraction of sp³-hybridized carbons (Fsp3) is 0.444. The van der Waals surface area contributed by atoms with E-state index in [9.17, 15) is 24.1 Å². The number of likely N-dealkylation sites (N-methyl/N-ethyl adjacent to an activating group) is 1. The van der Waals surface area contributed by atoms with E-state index < -0.39 is 46.6 Å². The molecule has 0 bridgehead atoms. The van der Waals surface area contributed by atoms with Crippen molar-refractivity contribution in [1.82, 2.24) is 14.7 Å². The van der Waals surface area contributed by atoms with Crippen LogP contribution in [0.3, 0.4) is 0 Å². The van der Waals surface area contributed by atoms with Crippen molar-refractivity contribution in [3.8, 4) is 0 Å². The quantitative estimate of drug-likeness (QED) is 0.590. The molecule has 0 N–H and O–H groups in total. The third-order valence-electron chi connectivity index (χ3n) is 5.39. The fourth-order valence-electron chi connectivity index (χ4n) is 3.99. The number of fused-ring (bicyclic) bond motifs is 1. The first-order valence-electron chi connectivity index (χ1n) is 8.47. The highest BCUT2D eigenvalue weighted by Crippen LogP contribution is 2.44. The van der Waals surface area contributed by atoms with Crippen LogP contribution in [0.15, 0.2) is 36.0 Å². The highest BCUT2D eigenvalue weighted by Gasteiger charge is 2.55. The van der Waals surface area contributed by atoms with Gasteiger partial charge in [0.1, 0.15) is 5.82 Å². The average molecular weight is 376 g/mol. The molecule has 4 unspecified atom stereocenters. The van der Waals surface area contributed by atoms with Crippen LogP contribution in [-0.2, 0) is 4.79 Å². The van der Waals surface area contributed by atoms with Crippen molar-refractivity contribution in [3.05, 3.63) is 57.5 Å². The summed E-state index contributed by atoms with van der Waals surface area (Å²) in [5.74, 6) is -2.69. The van der Waals surface area contributed by atoms with Crippen LogP contribution in [0.25, 0.3) is 0 Å². The molecule has 1 saturated heterocycles. The second-order valence-electron chi connectivity index (χ2n) is 7.12. The predicted molar refractivity (Wildman–Crippen MR) is 94.9 cm³/mol. The molecule has 27 heavy (non-hydrogen) atoms. The minimum absolute atomic E-state index is 0.393. The van der Waals surface area contributed by atoms with Crippen molar-refractivity contribution in [2.45, 2.75) is 18.0 Å². The molecular formula is C18H21FN4O4. The molecule has 144 valence electrons. The van der Waals surface area contributed by atoms with Gasteiger partial charge in [-0.2, -0.15) is 0 Å². The van der Waals surface area contributed by atoms with Crippen LogP contribution in [0.2, 0.25) is 0 Å². The van der Waals surface area contributed by atoms with Crippen molar-refractivity contribution >= 4 is 11.9 Å². The van der Waals surface area contributed by atoms with Gasteiger partial charge < -0.3 is 4.90 Å². The van der Waals surface area contributed by atoms with E-state index in [4.69, 9.17) is 0 Å². The minimum atomic E-state index is -1.13. The van der Waals surface area contributed by atoms with Gasteiger partial charge in [-0.15, -0.1) is 0 Å². The Kier molecular flexibility index (Phi) is 4.73. The molecule has 0 spiro atoms. The van der Waals surface area contributed by atoms with Crippen LogP contribution >= 0.6 is 0 Å². The van der Waals surface area contributed by atoms with Gasteiger partial charge in [0, 0.05) is 24.7 Å². The second kappa shape index (κ2) is 6.73. The third-order valence-corrected chi connectivity index (χ3v) is 5.39. The van der Waals surface area contributed by atoms with Crippen LogP contribution in [0.1, 0.15) is 11.5 Å². The monoisotopic (exact) mass is 376 g/mol. The van der Waals surface area contributed by atoms with Crippen molar-refractivity contribution in [3.63, 3.8) is 0 Å². The van der Waals surface area contributed by atoms with E-state index in [2.05, 4.69) is 0 Å². The molecule has 3 rings (SSSR count). The van der Waals surface area contributed by atoms with Gasteiger partial charge in [-0.3, -0.25) is 24.7 Å². The lowest BCUT2D eigenvalue weighted by molar-refractivity contribution is -0.534. The number of hydrogen-bond acceptors (Lipinski definition) is 5. The van der Waals surface area contributed by atoms with Crippen LogP contribution in [-0.4, -0.2) is 71.8 Å². The molecule has 1 fully saturated rings. The first-order chi connectivity index (χ1) is 12.6. The second-order valence-corrected chi connectivity index (χ2v) is 7.12. The minimum Gasteiger partial charge on any atom is -0.300 e. The smallest absolute Gasteiger partial charge is 0.300 e. The number of benzene rings is 1. The topological polar surface area (TPSA) is 87.0 Å². The maximum atomic E-state index is 13.4. The highest BCUT2D eigenvalue weighted by molar-refractivity contribution is 6.01. The molecule has 8 nitrogen and oxygen atoms in total. The molecule has 0 radical (unpaired) electrons. The molecular weight excluding hydrogens is 355 g/mol. The zero-order chi connectivity index (χ0) is 20.0. The molecule has 4 atom stereocenters. The summed E-state index contributed by atoms with van der Waals surface area (Å²) in [6.45, 7) is 0. The Balaban J connectivity index is 2.24. The number of amides is 3. The lowest BCUT2D eigenvalue weighted by Crippen LogP contribution is -2.60. The van der Waals surface area contributed by atoms with Gasteiger partial charge in [0.25, 0.3) is 0 Å². The molecule has 9 heteroatoms. The van der Waals surface area contributed by atoms with E-state index >= 15 is 0 Å². The van der Waals surface area contributed by atoms with E-state index in [0.717, 1.165) is 4.90 Å². The van der Waals surface area contributed by atoms with Crippen molar-refractivity contribution in [1.29, 1.82) is 0 Å². The van der Waals surface area contributed by atoms with Crippen LogP contribution in [0.4, 0.5) is 9.18 Å². The highest BCUT2D eigenvalue weighted by atomic mass is 19.1. The summed E-state index contributed by atoms with van der Waals surface area (Å²) in [5.41, 5.74) is 0.930. The molecule has 1 aliphatic heterocycles. The van der Waals surface area contributed by atoms with Gasteiger partial charge in [-0.25, -0.2) is 9.18 Å². The number of imide groups is 1. The lowest BCUT2D eigenvalue weighted by atomic mass is 9.70. The number of carbonyl (C=O) groups excluding carboxylic acids is 2. The molecule has 1 heterocycles. The summed E-state index contributed by atoms with van der Waals surface area (Å²) in [6.07, 6.45) is 1.63. The molecule has 0 saturated carbocycles. The lowest BCUT2D eigenvalue weighted by Gasteiger charge is -2.45. The SMILES string of the molecule is CN1C(=O)C2C(=CC(N(C)C)C([N+](=O)[O-])C2c2ccc(F)cc2)N(C)C1=O. The van der Waals surface area contributed by atoms with Crippen LogP contribution in [0.5, 0.6) is 0 Å².